The molecule has 1 aromatic rings. The number of hydrogen-bond donors (Lipinski definition) is 0. The van der Waals surface area contributed by atoms with Crippen molar-refractivity contribution in [3.8, 4) is 5.75 Å². The van der Waals surface area contributed by atoms with Gasteiger partial charge < -0.3 is 4.74 Å². The van der Waals surface area contributed by atoms with Gasteiger partial charge in [0, 0.05) is 5.02 Å². The Labute approximate surface area is 78.1 Å². The van der Waals surface area contributed by atoms with Crippen molar-refractivity contribution in [3.05, 3.63) is 29.3 Å². The van der Waals surface area contributed by atoms with Crippen molar-refractivity contribution in [1.29, 1.82) is 0 Å². The number of ether oxygens (including phenoxy) is 1. The van der Waals surface area contributed by atoms with Crippen LogP contribution in [0.1, 0.15) is 0 Å². The fourth-order valence-corrected chi connectivity index (χ4v) is 0.910. The monoisotopic (exact) mass is 210 g/mol. The topological polar surface area (TPSA) is 9.23 Å². The molecule has 0 radical (unpaired) electrons. The van der Waals surface area contributed by atoms with Gasteiger partial charge in [0.25, 0.3) is 0 Å². The lowest BCUT2D eigenvalue weighted by Gasteiger charge is -2.14. The third-order valence-electron chi connectivity index (χ3n) is 1.22. The van der Waals surface area contributed by atoms with Crippen LogP contribution in [0.25, 0.3) is 0 Å². The smallest absolute Gasteiger partial charge is 0.427 e. The number of halogens is 4. The van der Waals surface area contributed by atoms with Gasteiger partial charge >= 0.3 is 6.11 Å². The molecule has 5 heteroatoms. The molecule has 13 heavy (non-hydrogen) atoms. The first-order chi connectivity index (χ1) is 6.03. The summed E-state index contributed by atoms with van der Waals surface area (Å²) in [5, 5.41) is 0.257. The lowest BCUT2D eigenvalue weighted by Crippen LogP contribution is -2.26. The summed E-state index contributed by atoms with van der Waals surface area (Å²) in [5.41, 5.74) is 0. The molecule has 0 aliphatic rings. The maximum atomic E-state index is 12.3. The Morgan fingerprint density at radius 2 is 2.08 bits per heavy atom. The van der Waals surface area contributed by atoms with Crippen LogP contribution in [-0.4, -0.2) is 12.8 Å². The van der Waals surface area contributed by atoms with Gasteiger partial charge in [-0.1, -0.05) is 17.7 Å². The Bertz CT molecular complexity index is 290. The second kappa shape index (κ2) is 3.87. The van der Waals surface area contributed by atoms with Crippen molar-refractivity contribution < 1.29 is 17.9 Å². The Hall–Kier alpha value is -0.900. The summed E-state index contributed by atoms with van der Waals surface area (Å²) >= 11 is 5.50. The predicted octanol–water partition coefficient (Wildman–Crippen LogP) is 3.28. The van der Waals surface area contributed by atoms with Gasteiger partial charge in [0.2, 0.25) is 0 Å². The van der Waals surface area contributed by atoms with E-state index in [0.717, 1.165) is 0 Å². The van der Waals surface area contributed by atoms with Gasteiger partial charge in [0.1, 0.15) is 5.75 Å². The Balaban J connectivity index is 2.74. The number of rotatable bonds is 3. The molecule has 0 atom stereocenters. The summed E-state index contributed by atoms with van der Waals surface area (Å²) in [4.78, 5) is 0. The van der Waals surface area contributed by atoms with Gasteiger partial charge in [-0.3, -0.25) is 0 Å². The average Bonchev–Trinajstić information content (AvgIpc) is 2.03. The van der Waals surface area contributed by atoms with Crippen LogP contribution in [0.15, 0.2) is 24.3 Å². The van der Waals surface area contributed by atoms with Crippen LogP contribution >= 0.6 is 11.6 Å². The maximum absolute atomic E-state index is 12.3. The largest absolute Gasteiger partial charge is 0.431 e. The maximum Gasteiger partial charge on any atom is 0.427 e. The summed E-state index contributed by atoms with van der Waals surface area (Å²) in [6.07, 6.45) is -3.79. The van der Waals surface area contributed by atoms with E-state index in [2.05, 4.69) is 4.74 Å². The zero-order valence-corrected chi connectivity index (χ0v) is 7.19. The summed E-state index contributed by atoms with van der Waals surface area (Å²) in [6, 6.07) is 5.40. The van der Waals surface area contributed by atoms with Crippen LogP contribution in [0.3, 0.4) is 0 Å². The molecule has 1 nitrogen and oxygen atoms in total. The molecular formula is C8H6ClF3O. The van der Waals surface area contributed by atoms with Crippen molar-refractivity contribution in [2.75, 3.05) is 6.67 Å². The van der Waals surface area contributed by atoms with E-state index in [1.807, 2.05) is 0 Å². The highest BCUT2D eigenvalue weighted by atomic mass is 35.5. The highest BCUT2D eigenvalue weighted by molar-refractivity contribution is 6.30. The summed E-state index contributed by atoms with van der Waals surface area (Å²) in [7, 11) is 0. The fraction of sp³-hybridized carbons (Fsp3) is 0.250. The number of hydrogen-bond acceptors (Lipinski definition) is 1. The van der Waals surface area contributed by atoms with E-state index in [1.165, 1.54) is 24.3 Å². The lowest BCUT2D eigenvalue weighted by atomic mass is 10.3. The van der Waals surface area contributed by atoms with Gasteiger partial charge in [-0.05, 0) is 18.2 Å². The fourth-order valence-electron chi connectivity index (χ4n) is 0.730. The minimum Gasteiger partial charge on any atom is -0.431 e. The highest BCUT2D eigenvalue weighted by Crippen LogP contribution is 2.24. The van der Waals surface area contributed by atoms with Gasteiger partial charge in [-0.25, -0.2) is 4.39 Å². The molecule has 0 amide bonds. The van der Waals surface area contributed by atoms with E-state index in [0.29, 0.717) is 0 Å². The first kappa shape index (κ1) is 10.2. The number of benzene rings is 1. The molecular weight excluding hydrogens is 205 g/mol. The van der Waals surface area contributed by atoms with Crippen LogP contribution in [0.2, 0.25) is 5.02 Å². The van der Waals surface area contributed by atoms with Crippen molar-refractivity contribution >= 4 is 11.6 Å². The van der Waals surface area contributed by atoms with Gasteiger partial charge in [-0.2, -0.15) is 8.78 Å². The molecule has 1 aromatic carbocycles. The molecule has 0 heterocycles. The molecule has 0 aromatic heterocycles. The van der Waals surface area contributed by atoms with Crippen molar-refractivity contribution in [1.82, 2.24) is 0 Å². The molecule has 0 unspecified atom stereocenters. The summed E-state index contributed by atoms with van der Waals surface area (Å²) < 4.78 is 40.3. The van der Waals surface area contributed by atoms with Crippen LogP contribution in [0.4, 0.5) is 13.2 Å². The predicted molar refractivity (Wildman–Crippen MR) is 43.0 cm³/mol. The van der Waals surface area contributed by atoms with E-state index in [-0.39, 0.29) is 10.8 Å². The molecule has 0 spiro atoms. The SMILES string of the molecule is FCC(F)(F)Oc1cccc(Cl)c1. The molecule has 0 saturated heterocycles. The first-order valence-electron chi connectivity index (χ1n) is 3.42. The van der Waals surface area contributed by atoms with Gasteiger partial charge in [-0.15, -0.1) is 0 Å². The van der Waals surface area contributed by atoms with Crippen LogP contribution in [-0.2, 0) is 0 Å². The van der Waals surface area contributed by atoms with E-state index < -0.39 is 12.8 Å². The zero-order chi connectivity index (χ0) is 9.90. The Kier molecular flexibility index (Phi) is 3.03. The van der Waals surface area contributed by atoms with Crippen molar-refractivity contribution in [2.24, 2.45) is 0 Å². The molecule has 0 N–H and O–H groups in total. The highest BCUT2D eigenvalue weighted by Gasteiger charge is 2.31. The molecule has 0 aliphatic carbocycles. The van der Waals surface area contributed by atoms with Crippen molar-refractivity contribution in [3.63, 3.8) is 0 Å². The first-order valence-corrected chi connectivity index (χ1v) is 3.80. The minimum absolute atomic E-state index is 0.157. The standard InChI is InChI=1S/C8H6ClF3O/c9-6-2-1-3-7(4-6)13-8(11,12)5-10/h1-4H,5H2. The molecule has 1 rings (SSSR count). The molecule has 0 saturated carbocycles. The molecule has 0 aliphatic heterocycles. The van der Waals surface area contributed by atoms with Gasteiger partial charge in [0.15, 0.2) is 6.67 Å². The zero-order valence-electron chi connectivity index (χ0n) is 6.44. The van der Waals surface area contributed by atoms with Crippen molar-refractivity contribution in [2.45, 2.75) is 6.11 Å². The lowest BCUT2D eigenvalue weighted by molar-refractivity contribution is -0.186. The Morgan fingerprint density at radius 3 is 2.62 bits per heavy atom. The van der Waals surface area contributed by atoms with E-state index in [4.69, 9.17) is 11.6 Å². The second-order valence-corrected chi connectivity index (χ2v) is 2.77. The normalized spacial score (nSPS) is 11.4. The molecule has 0 fully saturated rings. The minimum atomic E-state index is -3.79. The van der Waals surface area contributed by atoms with E-state index in [1.54, 1.807) is 0 Å². The third-order valence-corrected chi connectivity index (χ3v) is 1.45. The Morgan fingerprint density at radius 1 is 1.38 bits per heavy atom. The average molecular weight is 211 g/mol. The summed E-state index contributed by atoms with van der Waals surface area (Å²) in [6.45, 7) is -1.86. The third kappa shape index (κ3) is 3.14. The second-order valence-electron chi connectivity index (χ2n) is 2.33. The van der Waals surface area contributed by atoms with Crippen LogP contribution in [0.5, 0.6) is 5.75 Å². The van der Waals surface area contributed by atoms with Crippen LogP contribution in [0, 0.1) is 0 Å². The molecule has 72 valence electrons. The quantitative estimate of drug-likeness (QED) is 0.744. The summed E-state index contributed by atoms with van der Waals surface area (Å²) in [5.74, 6) is -0.157. The van der Waals surface area contributed by atoms with Gasteiger partial charge in [0.05, 0.1) is 0 Å². The molecule has 0 bridgehead atoms. The van der Waals surface area contributed by atoms with Crippen LogP contribution < -0.4 is 4.74 Å². The van der Waals surface area contributed by atoms with E-state index in [9.17, 15) is 13.2 Å². The van der Waals surface area contributed by atoms with E-state index >= 15 is 0 Å². The number of alkyl halides is 3.